The fraction of sp³-hybridized carbons (Fsp3) is 0.727. The molecule has 0 unspecified atom stereocenters. The molecule has 13 heavy (non-hydrogen) atoms. The summed E-state index contributed by atoms with van der Waals surface area (Å²) < 4.78 is 0. The van der Waals surface area contributed by atoms with Gasteiger partial charge in [0.05, 0.1) is 5.41 Å². The number of fused-ring (bicyclic) bond motifs is 2. The summed E-state index contributed by atoms with van der Waals surface area (Å²) in [5, 5.41) is 0. The first-order valence-corrected chi connectivity index (χ1v) is 5.17. The lowest BCUT2D eigenvalue weighted by molar-refractivity contribution is -0.129. The SMILES string of the molecule is CCC[C@]1(C(N)=O)C[C@H]2C=C[C@@H]1C2. The van der Waals surface area contributed by atoms with E-state index < -0.39 is 0 Å². The van der Waals surface area contributed by atoms with Crippen LogP contribution in [0.2, 0.25) is 0 Å². The number of hydrogen-bond donors (Lipinski definition) is 1. The van der Waals surface area contributed by atoms with Crippen LogP contribution in [0.3, 0.4) is 0 Å². The zero-order valence-electron chi connectivity index (χ0n) is 8.12. The van der Waals surface area contributed by atoms with Crippen LogP contribution in [-0.4, -0.2) is 5.91 Å². The Morgan fingerprint density at radius 1 is 1.62 bits per heavy atom. The zero-order valence-corrected chi connectivity index (χ0v) is 8.12. The second-order valence-electron chi connectivity index (χ2n) is 4.46. The summed E-state index contributed by atoms with van der Waals surface area (Å²) in [7, 11) is 0. The molecule has 2 aliphatic rings. The van der Waals surface area contributed by atoms with Crippen molar-refractivity contribution in [3.05, 3.63) is 12.2 Å². The Balaban J connectivity index is 2.25. The average Bonchev–Trinajstić information content (AvgIpc) is 2.64. The largest absolute Gasteiger partial charge is 0.369 e. The Hall–Kier alpha value is -0.790. The van der Waals surface area contributed by atoms with E-state index in [0.717, 1.165) is 25.7 Å². The molecular formula is C11H17NO. The maximum Gasteiger partial charge on any atom is 0.224 e. The second kappa shape index (κ2) is 2.86. The van der Waals surface area contributed by atoms with Gasteiger partial charge in [0.15, 0.2) is 0 Å². The van der Waals surface area contributed by atoms with Crippen molar-refractivity contribution in [2.24, 2.45) is 23.0 Å². The highest BCUT2D eigenvalue weighted by molar-refractivity contribution is 5.82. The first kappa shape index (κ1) is 8.79. The maximum atomic E-state index is 11.5. The van der Waals surface area contributed by atoms with Gasteiger partial charge in [-0.05, 0) is 31.1 Å². The summed E-state index contributed by atoms with van der Waals surface area (Å²) in [6.07, 6.45) is 8.63. The van der Waals surface area contributed by atoms with E-state index in [2.05, 4.69) is 19.1 Å². The number of carbonyl (C=O) groups is 1. The van der Waals surface area contributed by atoms with E-state index in [-0.39, 0.29) is 11.3 Å². The van der Waals surface area contributed by atoms with Crippen molar-refractivity contribution in [1.29, 1.82) is 0 Å². The van der Waals surface area contributed by atoms with Gasteiger partial charge >= 0.3 is 0 Å². The van der Waals surface area contributed by atoms with E-state index in [9.17, 15) is 4.79 Å². The fourth-order valence-electron chi connectivity index (χ4n) is 3.10. The smallest absolute Gasteiger partial charge is 0.224 e. The normalized spacial score (nSPS) is 41.3. The molecular weight excluding hydrogens is 162 g/mol. The fourth-order valence-corrected chi connectivity index (χ4v) is 3.10. The zero-order chi connectivity index (χ0) is 9.47. The monoisotopic (exact) mass is 179 g/mol. The third-order valence-corrected chi connectivity index (χ3v) is 3.70. The van der Waals surface area contributed by atoms with E-state index in [1.165, 1.54) is 0 Å². The summed E-state index contributed by atoms with van der Waals surface area (Å²) in [6.45, 7) is 2.13. The summed E-state index contributed by atoms with van der Waals surface area (Å²) in [6, 6.07) is 0. The van der Waals surface area contributed by atoms with Crippen LogP contribution in [-0.2, 0) is 4.79 Å². The summed E-state index contributed by atoms with van der Waals surface area (Å²) in [5.74, 6) is 0.991. The van der Waals surface area contributed by atoms with Crippen LogP contribution < -0.4 is 5.73 Å². The first-order chi connectivity index (χ1) is 6.19. The minimum Gasteiger partial charge on any atom is -0.369 e. The third-order valence-electron chi connectivity index (χ3n) is 3.70. The summed E-state index contributed by atoms with van der Waals surface area (Å²) >= 11 is 0. The lowest BCUT2D eigenvalue weighted by atomic mass is 9.72. The van der Waals surface area contributed by atoms with E-state index in [1.54, 1.807) is 0 Å². The lowest BCUT2D eigenvalue weighted by Gasteiger charge is -2.31. The summed E-state index contributed by atoms with van der Waals surface area (Å²) in [5.41, 5.74) is 5.35. The van der Waals surface area contributed by atoms with Gasteiger partial charge < -0.3 is 5.73 Å². The molecule has 2 aliphatic carbocycles. The Kier molecular flexibility index (Phi) is 1.94. The minimum absolute atomic E-state index is 0.0776. The molecule has 1 saturated carbocycles. The van der Waals surface area contributed by atoms with Gasteiger partial charge in [0.1, 0.15) is 0 Å². The highest BCUT2D eigenvalue weighted by Crippen LogP contribution is 2.54. The van der Waals surface area contributed by atoms with Crippen molar-refractivity contribution in [1.82, 2.24) is 0 Å². The molecule has 0 aromatic heterocycles. The van der Waals surface area contributed by atoms with Gasteiger partial charge in [-0.3, -0.25) is 4.79 Å². The molecule has 1 amide bonds. The minimum atomic E-state index is -0.186. The van der Waals surface area contributed by atoms with Crippen LogP contribution in [0, 0.1) is 17.3 Å². The molecule has 2 rings (SSSR count). The Morgan fingerprint density at radius 3 is 2.77 bits per heavy atom. The molecule has 72 valence electrons. The molecule has 2 N–H and O–H groups in total. The van der Waals surface area contributed by atoms with Gasteiger partial charge in [-0.25, -0.2) is 0 Å². The highest BCUT2D eigenvalue weighted by atomic mass is 16.1. The van der Waals surface area contributed by atoms with Gasteiger partial charge in [-0.15, -0.1) is 0 Å². The molecule has 2 heteroatoms. The van der Waals surface area contributed by atoms with Crippen LogP contribution in [0.5, 0.6) is 0 Å². The third kappa shape index (κ3) is 1.11. The number of allylic oxidation sites excluding steroid dienone is 2. The Morgan fingerprint density at radius 2 is 2.38 bits per heavy atom. The quantitative estimate of drug-likeness (QED) is 0.660. The molecule has 3 atom stereocenters. The molecule has 0 aliphatic heterocycles. The number of carbonyl (C=O) groups excluding carboxylic acids is 1. The van der Waals surface area contributed by atoms with Crippen molar-refractivity contribution in [3.63, 3.8) is 0 Å². The van der Waals surface area contributed by atoms with Gasteiger partial charge in [-0.1, -0.05) is 25.5 Å². The Labute approximate surface area is 79.2 Å². The molecule has 0 saturated heterocycles. The number of nitrogens with two attached hydrogens (primary N) is 1. The van der Waals surface area contributed by atoms with Crippen molar-refractivity contribution >= 4 is 5.91 Å². The first-order valence-electron chi connectivity index (χ1n) is 5.17. The van der Waals surface area contributed by atoms with Gasteiger partial charge in [0.25, 0.3) is 0 Å². The van der Waals surface area contributed by atoms with Crippen LogP contribution >= 0.6 is 0 Å². The molecule has 2 bridgehead atoms. The molecule has 0 spiro atoms. The number of hydrogen-bond acceptors (Lipinski definition) is 1. The average molecular weight is 179 g/mol. The number of amides is 1. The van der Waals surface area contributed by atoms with Gasteiger partial charge in [0.2, 0.25) is 5.91 Å². The number of primary amides is 1. The maximum absolute atomic E-state index is 11.5. The standard InChI is InChI=1S/C11H17NO/c1-2-5-11(10(12)13)7-8-3-4-9(11)6-8/h3-4,8-9H,2,5-7H2,1H3,(H2,12,13)/t8-,9+,11-/m0/s1. The molecule has 0 radical (unpaired) electrons. The van der Waals surface area contributed by atoms with E-state index in [1.807, 2.05) is 0 Å². The topological polar surface area (TPSA) is 43.1 Å². The van der Waals surface area contributed by atoms with Crippen molar-refractivity contribution < 1.29 is 4.79 Å². The van der Waals surface area contributed by atoms with Crippen LogP contribution in [0.25, 0.3) is 0 Å². The van der Waals surface area contributed by atoms with Crippen LogP contribution in [0.1, 0.15) is 32.6 Å². The number of rotatable bonds is 3. The van der Waals surface area contributed by atoms with Gasteiger partial charge in [0, 0.05) is 0 Å². The highest BCUT2D eigenvalue weighted by Gasteiger charge is 2.51. The predicted molar refractivity (Wildman–Crippen MR) is 51.9 cm³/mol. The van der Waals surface area contributed by atoms with Gasteiger partial charge in [-0.2, -0.15) is 0 Å². The van der Waals surface area contributed by atoms with Crippen molar-refractivity contribution in [2.45, 2.75) is 32.6 Å². The lowest BCUT2D eigenvalue weighted by Crippen LogP contribution is -2.40. The molecule has 0 aromatic carbocycles. The Bertz CT molecular complexity index is 259. The molecule has 2 nitrogen and oxygen atoms in total. The van der Waals surface area contributed by atoms with E-state index in [0.29, 0.717) is 11.8 Å². The van der Waals surface area contributed by atoms with Crippen LogP contribution in [0.15, 0.2) is 12.2 Å². The van der Waals surface area contributed by atoms with E-state index in [4.69, 9.17) is 5.73 Å². The molecule has 1 fully saturated rings. The van der Waals surface area contributed by atoms with Crippen LogP contribution in [0.4, 0.5) is 0 Å². The predicted octanol–water partition coefficient (Wildman–Crippen LogP) is 1.85. The summed E-state index contributed by atoms with van der Waals surface area (Å²) in [4.78, 5) is 11.5. The van der Waals surface area contributed by atoms with Crippen molar-refractivity contribution in [2.75, 3.05) is 0 Å². The van der Waals surface area contributed by atoms with Crippen molar-refractivity contribution in [3.8, 4) is 0 Å². The van der Waals surface area contributed by atoms with E-state index >= 15 is 0 Å². The molecule has 0 aromatic rings. The second-order valence-corrected chi connectivity index (χ2v) is 4.46. The molecule has 0 heterocycles.